The highest BCUT2D eigenvalue weighted by atomic mass is 35.5. The van der Waals surface area contributed by atoms with E-state index in [0.717, 1.165) is 12.8 Å². The molecule has 0 fully saturated rings. The van der Waals surface area contributed by atoms with Gasteiger partial charge in [-0.1, -0.05) is 11.6 Å². The summed E-state index contributed by atoms with van der Waals surface area (Å²) in [7, 11) is 0. The quantitative estimate of drug-likeness (QED) is 0.355. The summed E-state index contributed by atoms with van der Waals surface area (Å²) in [6.07, 6.45) is 2.03. The molecule has 0 saturated heterocycles. The molecular weight excluding hydrogens is 348 g/mol. The van der Waals surface area contributed by atoms with Crippen LogP contribution < -0.4 is 4.74 Å². The van der Waals surface area contributed by atoms with Gasteiger partial charge in [0.15, 0.2) is 5.78 Å². The molecule has 0 aliphatic heterocycles. The highest BCUT2D eigenvalue weighted by Crippen LogP contribution is 2.23. The Bertz CT molecular complexity index is 679. The summed E-state index contributed by atoms with van der Waals surface area (Å²) in [4.78, 5) is 24.2. The van der Waals surface area contributed by atoms with Crippen molar-refractivity contribution in [2.75, 3.05) is 13.2 Å². The van der Waals surface area contributed by atoms with E-state index < -0.39 is 0 Å². The number of Topliss-reactive ketones (excluding diaryl/α,β-unsaturated/α-hetero) is 1. The van der Waals surface area contributed by atoms with Crippen LogP contribution in [0.5, 0.6) is 5.75 Å². The Morgan fingerprint density at radius 1 is 1.08 bits per heavy atom. The van der Waals surface area contributed by atoms with Gasteiger partial charge in [-0.05, 0) is 56.2 Å². The minimum Gasteiger partial charge on any atom is -0.494 e. The van der Waals surface area contributed by atoms with Gasteiger partial charge in [-0.15, -0.1) is 11.3 Å². The molecule has 0 bridgehead atoms. The first-order valence-corrected chi connectivity index (χ1v) is 8.98. The van der Waals surface area contributed by atoms with E-state index in [9.17, 15) is 9.59 Å². The molecule has 0 unspecified atom stereocenters. The minimum absolute atomic E-state index is 0.116. The molecule has 1 heterocycles. The number of carbonyl (C=O) groups is 2. The largest absolute Gasteiger partial charge is 0.494 e. The molecule has 0 aliphatic carbocycles. The number of esters is 1. The van der Waals surface area contributed by atoms with Crippen LogP contribution in [0, 0.1) is 0 Å². The molecule has 0 N–H and O–H groups in total. The van der Waals surface area contributed by atoms with E-state index in [1.165, 1.54) is 11.3 Å². The lowest BCUT2D eigenvalue weighted by atomic mass is 10.1. The molecular formula is C18H19ClO4S. The van der Waals surface area contributed by atoms with Gasteiger partial charge < -0.3 is 9.47 Å². The fourth-order valence-electron chi connectivity index (χ4n) is 2.07. The van der Waals surface area contributed by atoms with E-state index in [-0.39, 0.29) is 11.8 Å². The van der Waals surface area contributed by atoms with Crippen LogP contribution in [0.3, 0.4) is 0 Å². The molecule has 1 aromatic heterocycles. The predicted octanol–water partition coefficient (Wildman–Crippen LogP) is 5.01. The standard InChI is InChI=1S/C18H19ClO4S/c1-2-22-18(21)13-6-8-14(9-7-13)23-12-4-3-5-15(20)16-10-11-17(19)24-16/h6-11H,2-5,12H2,1H3. The number of thiophene rings is 1. The van der Waals surface area contributed by atoms with Crippen molar-refractivity contribution >= 4 is 34.7 Å². The smallest absolute Gasteiger partial charge is 0.338 e. The average molecular weight is 367 g/mol. The first-order chi connectivity index (χ1) is 11.6. The molecule has 4 nitrogen and oxygen atoms in total. The van der Waals surface area contributed by atoms with Crippen LogP contribution in [0.1, 0.15) is 46.2 Å². The first kappa shape index (κ1) is 18.5. The molecule has 0 amide bonds. The van der Waals surface area contributed by atoms with Crippen molar-refractivity contribution in [1.82, 2.24) is 0 Å². The van der Waals surface area contributed by atoms with Gasteiger partial charge in [0, 0.05) is 6.42 Å². The lowest BCUT2D eigenvalue weighted by molar-refractivity contribution is 0.0526. The van der Waals surface area contributed by atoms with E-state index >= 15 is 0 Å². The van der Waals surface area contributed by atoms with Crippen LogP contribution in [0.15, 0.2) is 36.4 Å². The van der Waals surface area contributed by atoms with E-state index in [4.69, 9.17) is 21.1 Å². The van der Waals surface area contributed by atoms with Crippen molar-refractivity contribution in [2.24, 2.45) is 0 Å². The third-order valence-electron chi connectivity index (χ3n) is 3.28. The second-order valence-electron chi connectivity index (χ2n) is 5.08. The monoisotopic (exact) mass is 366 g/mol. The summed E-state index contributed by atoms with van der Waals surface area (Å²) < 4.78 is 11.2. The summed E-state index contributed by atoms with van der Waals surface area (Å²) in [6.45, 7) is 2.65. The maximum absolute atomic E-state index is 11.9. The second-order valence-corrected chi connectivity index (χ2v) is 6.79. The third kappa shape index (κ3) is 5.65. The van der Waals surface area contributed by atoms with E-state index in [0.29, 0.717) is 40.2 Å². The summed E-state index contributed by atoms with van der Waals surface area (Å²) in [5.74, 6) is 0.473. The van der Waals surface area contributed by atoms with Crippen molar-refractivity contribution in [3.8, 4) is 5.75 Å². The van der Waals surface area contributed by atoms with Crippen LogP contribution in [-0.2, 0) is 4.74 Å². The van der Waals surface area contributed by atoms with Gasteiger partial charge in [-0.25, -0.2) is 4.79 Å². The van der Waals surface area contributed by atoms with Gasteiger partial charge in [0.05, 0.1) is 28.0 Å². The van der Waals surface area contributed by atoms with Gasteiger partial charge in [0.25, 0.3) is 0 Å². The van der Waals surface area contributed by atoms with E-state index in [1.54, 1.807) is 43.3 Å². The van der Waals surface area contributed by atoms with Crippen molar-refractivity contribution in [2.45, 2.75) is 26.2 Å². The zero-order valence-corrected chi connectivity index (χ0v) is 15.0. The summed E-state index contributed by atoms with van der Waals surface area (Å²) in [5, 5.41) is 0. The Morgan fingerprint density at radius 3 is 2.46 bits per heavy atom. The van der Waals surface area contributed by atoms with Crippen LogP contribution in [0.4, 0.5) is 0 Å². The molecule has 6 heteroatoms. The molecule has 0 saturated carbocycles. The fraction of sp³-hybridized carbons (Fsp3) is 0.333. The average Bonchev–Trinajstić information content (AvgIpc) is 3.02. The fourth-order valence-corrected chi connectivity index (χ4v) is 3.08. The number of hydrogen-bond acceptors (Lipinski definition) is 5. The van der Waals surface area contributed by atoms with Gasteiger partial charge >= 0.3 is 5.97 Å². The summed E-state index contributed by atoms with van der Waals surface area (Å²) in [6, 6.07) is 10.3. The molecule has 0 spiro atoms. The minimum atomic E-state index is -0.337. The summed E-state index contributed by atoms with van der Waals surface area (Å²) in [5.41, 5.74) is 0.504. The van der Waals surface area contributed by atoms with Gasteiger partial charge in [0.1, 0.15) is 5.75 Å². The first-order valence-electron chi connectivity index (χ1n) is 7.78. The number of unbranched alkanes of at least 4 members (excludes halogenated alkanes) is 1. The second kappa shape index (κ2) is 9.45. The number of halogens is 1. The normalized spacial score (nSPS) is 10.4. The zero-order valence-electron chi connectivity index (χ0n) is 13.4. The molecule has 2 aromatic rings. The van der Waals surface area contributed by atoms with Crippen molar-refractivity contribution in [3.05, 3.63) is 51.2 Å². The Balaban J connectivity index is 1.67. The van der Waals surface area contributed by atoms with Crippen molar-refractivity contribution in [3.63, 3.8) is 0 Å². The molecule has 2 rings (SSSR count). The number of carbonyl (C=O) groups excluding carboxylic acids is 2. The third-order valence-corrected chi connectivity index (χ3v) is 4.55. The maximum atomic E-state index is 11.9. The van der Waals surface area contributed by atoms with Crippen LogP contribution >= 0.6 is 22.9 Å². The Morgan fingerprint density at radius 2 is 1.83 bits per heavy atom. The Kier molecular flexibility index (Phi) is 7.28. The molecule has 128 valence electrons. The lowest BCUT2D eigenvalue weighted by Gasteiger charge is -2.07. The number of ether oxygens (including phenoxy) is 2. The molecule has 0 aliphatic rings. The molecule has 24 heavy (non-hydrogen) atoms. The van der Waals surface area contributed by atoms with Crippen LogP contribution in [0.25, 0.3) is 0 Å². The lowest BCUT2D eigenvalue weighted by Crippen LogP contribution is -2.04. The number of benzene rings is 1. The molecule has 0 radical (unpaired) electrons. The maximum Gasteiger partial charge on any atom is 0.338 e. The van der Waals surface area contributed by atoms with Crippen LogP contribution in [0.2, 0.25) is 4.34 Å². The highest BCUT2D eigenvalue weighted by Gasteiger charge is 2.09. The van der Waals surface area contributed by atoms with E-state index in [1.807, 2.05) is 0 Å². The molecule has 1 aromatic carbocycles. The van der Waals surface area contributed by atoms with Gasteiger partial charge in [-0.2, -0.15) is 0 Å². The van der Waals surface area contributed by atoms with Crippen LogP contribution in [-0.4, -0.2) is 25.0 Å². The van der Waals surface area contributed by atoms with Crippen molar-refractivity contribution in [1.29, 1.82) is 0 Å². The number of ketones is 1. The number of rotatable bonds is 9. The van der Waals surface area contributed by atoms with Gasteiger partial charge in [0.2, 0.25) is 0 Å². The van der Waals surface area contributed by atoms with Crippen molar-refractivity contribution < 1.29 is 19.1 Å². The van der Waals surface area contributed by atoms with Gasteiger partial charge in [-0.3, -0.25) is 4.79 Å². The Labute approximate surface area is 150 Å². The van der Waals surface area contributed by atoms with E-state index in [2.05, 4.69) is 0 Å². The Hall–Kier alpha value is -1.85. The zero-order chi connectivity index (χ0) is 17.4. The topological polar surface area (TPSA) is 52.6 Å². The molecule has 0 atom stereocenters. The highest BCUT2D eigenvalue weighted by molar-refractivity contribution is 7.18. The SMILES string of the molecule is CCOC(=O)c1ccc(OCCCCC(=O)c2ccc(Cl)s2)cc1. The predicted molar refractivity (Wildman–Crippen MR) is 95.4 cm³/mol. The summed E-state index contributed by atoms with van der Waals surface area (Å²) >= 11 is 7.13. The number of hydrogen-bond donors (Lipinski definition) is 0.